The maximum atomic E-state index is 12.8. The van der Waals surface area contributed by atoms with E-state index in [0.29, 0.717) is 17.0 Å². The van der Waals surface area contributed by atoms with E-state index in [1.807, 2.05) is 13.0 Å². The number of hydrogen-bond donors (Lipinski definition) is 1. The van der Waals surface area contributed by atoms with Gasteiger partial charge < -0.3 is 8.83 Å². The molecular weight excluding hydrogens is 420 g/mol. The second-order valence-corrected chi connectivity index (χ2v) is 8.94. The Bertz CT molecular complexity index is 1350. The van der Waals surface area contributed by atoms with Gasteiger partial charge in [0.15, 0.2) is 15.7 Å². The van der Waals surface area contributed by atoms with Crippen LogP contribution >= 0.6 is 0 Å². The Hall–Kier alpha value is -3.79. The number of aromatic nitrogens is 3. The maximum absolute atomic E-state index is 12.8. The van der Waals surface area contributed by atoms with Gasteiger partial charge in [0.25, 0.3) is 5.91 Å². The molecule has 0 unspecified atom stereocenters. The number of carbonyl (C=O) groups excluding carboxylic acids is 1. The second kappa shape index (κ2) is 7.80. The smallest absolute Gasteiger partial charge is 0.302 e. The monoisotopic (exact) mass is 438 g/mol. The fraction of sp³-hybridized carbons (Fsp3) is 0.143. The third-order valence-electron chi connectivity index (χ3n) is 4.39. The lowest BCUT2D eigenvalue weighted by atomic mass is 10.1. The summed E-state index contributed by atoms with van der Waals surface area (Å²) in [5.74, 6) is -0.366. The van der Waals surface area contributed by atoms with Crippen LogP contribution in [0.15, 0.2) is 62.6 Å². The number of oxazole rings is 2. The Labute approximate surface area is 178 Å². The van der Waals surface area contributed by atoms with E-state index in [2.05, 4.69) is 20.3 Å². The van der Waals surface area contributed by atoms with Gasteiger partial charge in [0.1, 0.15) is 17.7 Å². The summed E-state index contributed by atoms with van der Waals surface area (Å²) in [5.41, 5.74) is 2.91. The number of benzene rings is 1. The zero-order chi connectivity index (χ0) is 22.2. The molecule has 0 bridgehead atoms. The van der Waals surface area contributed by atoms with Crippen LogP contribution in [0.25, 0.3) is 22.6 Å². The summed E-state index contributed by atoms with van der Waals surface area (Å²) < 4.78 is 34.1. The van der Waals surface area contributed by atoms with Crippen LogP contribution in [0.1, 0.15) is 22.0 Å². The van der Waals surface area contributed by atoms with Crippen molar-refractivity contribution in [2.24, 2.45) is 0 Å². The first-order valence-corrected chi connectivity index (χ1v) is 11.1. The number of amides is 1. The highest BCUT2D eigenvalue weighted by Crippen LogP contribution is 2.26. The average molecular weight is 438 g/mol. The summed E-state index contributed by atoms with van der Waals surface area (Å²) in [6, 6.07) is 9.71. The number of carbonyl (C=O) groups is 1. The summed E-state index contributed by atoms with van der Waals surface area (Å²) in [5, 5.41) is 2.54. The number of nitrogens with one attached hydrogen (secondary N) is 1. The van der Waals surface area contributed by atoms with Crippen molar-refractivity contribution < 1.29 is 22.0 Å². The van der Waals surface area contributed by atoms with E-state index in [-0.39, 0.29) is 28.3 Å². The predicted octanol–water partition coefficient (Wildman–Crippen LogP) is 3.66. The van der Waals surface area contributed by atoms with E-state index < -0.39 is 15.7 Å². The van der Waals surface area contributed by atoms with E-state index in [4.69, 9.17) is 8.83 Å². The number of sulfone groups is 1. The van der Waals surface area contributed by atoms with E-state index >= 15 is 0 Å². The highest BCUT2D eigenvalue weighted by Gasteiger charge is 2.22. The molecule has 9 nitrogen and oxygen atoms in total. The molecule has 10 heteroatoms. The quantitative estimate of drug-likeness (QED) is 0.500. The normalized spacial score (nSPS) is 11.5. The van der Waals surface area contributed by atoms with Crippen LogP contribution in [-0.2, 0) is 9.84 Å². The lowest BCUT2D eigenvalue weighted by Crippen LogP contribution is -2.12. The number of hydrogen-bond acceptors (Lipinski definition) is 8. The third kappa shape index (κ3) is 4.38. The molecule has 4 aromatic rings. The topological polar surface area (TPSA) is 128 Å². The SMILES string of the molecule is Cc1ccc(-c2coc(NC(=O)c3oc(C)nc3-c3ccc(S(C)(=O)=O)cc3)n2)nc1. The Morgan fingerprint density at radius 3 is 2.39 bits per heavy atom. The van der Waals surface area contributed by atoms with Crippen LogP contribution in [0.3, 0.4) is 0 Å². The summed E-state index contributed by atoms with van der Waals surface area (Å²) in [6.45, 7) is 3.54. The first-order valence-electron chi connectivity index (χ1n) is 9.18. The molecule has 158 valence electrons. The van der Waals surface area contributed by atoms with Crippen LogP contribution in [-0.4, -0.2) is 35.5 Å². The average Bonchev–Trinajstić information content (AvgIpc) is 3.35. The zero-order valence-electron chi connectivity index (χ0n) is 16.9. The first kappa shape index (κ1) is 20.5. The molecule has 1 N–H and O–H groups in total. The Kier molecular flexibility index (Phi) is 5.15. The van der Waals surface area contributed by atoms with Gasteiger partial charge >= 0.3 is 6.01 Å². The summed E-state index contributed by atoms with van der Waals surface area (Å²) in [6.07, 6.45) is 4.22. The van der Waals surface area contributed by atoms with Gasteiger partial charge in [0, 0.05) is 24.9 Å². The minimum Gasteiger partial charge on any atom is -0.435 e. The number of pyridine rings is 1. The fourth-order valence-corrected chi connectivity index (χ4v) is 3.49. The largest absolute Gasteiger partial charge is 0.435 e. The van der Waals surface area contributed by atoms with Crippen molar-refractivity contribution in [3.8, 4) is 22.6 Å². The standard InChI is InChI=1S/C21H18N4O5S/c1-12-4-9-16(22-10-12)17-11-29-21(24-17)25-20(26)19-18(23-13(2)30-19)14-5-7-15(8-6-14)31(3,27)28/h4-11H,1-3H3,(H,24,25,26). The highest BCUT2D eigenvalue weighted by molar-refractivity contribution is 7.90. The van der Waals surface area contributed by atoms with Gasteiger partial charge in [-0.15, -0.1) is 0 Å². The van der Waals surface area contributed by atoms with Gasteiger partial charge in [0.05, 0.1) is 10.6 Å². The molecular formula is C21H18N4O5S. The minimum atomic E-state index is -3.34. The fourth-order valence-electron chi connectivity index (χ4n) is 2.86. The molecule has 0 spiro atoms. The van der Waals surface area contributed by atoms with E-state index in [9.17, 15) is 13.2 Å². The van der Waals surface area contributed by atoms with Gasteiger partial charge in [-0.3, -0.25) is 15.1 Å². The van der Waals surface area contributed by atoms with E-state index in [1.165, 1.54) is 18.4 Å². The van der Waals surface area contributed by atoms with Crippen molar-refractivity contribution in [1.82, 2.24) is 15.0 Å². The van der Waals surface area contributed by atoms with E-state index in [0.717, 1.165) is 11.8 Å². The molecule has 0 aliphatic carbocycles. The molecule has 4 rings (SSSR count). The zero-order valence-corrected chi connectivity index (χ0v) is 17.7. The number of anilines is 1. The first-order chi connectivity index (χ1) is 14.7. The third-order valence-corrected chi connectivity index (χ3v) is 5.52. The molecule has 1 amide bonds. The van der Waals surface area contributed by atoms with Crippen molar-refractivity contribution in [2.75, 3.05) is 11.6 Å². The van der Waals surface area contributed by atoms with Crippen LogP contribution in [0.4, 0.5) is 6.01 Å². The van der Waals surface area contributed by atoms with Crippen molar-refractivity contribution in [3.05, 3.63) is 66.1 Å². The lowest BCUT2D eigenvalue weighted by molar-refractivity contribution is 0.0993. The van der Waals surface area contributed by atoms with Crippen LogP contribution < -0.4 is 5.32 Å². The summed E-state index contributed by atoms with van der Waals surface area (Å²) in [4.78, 5) is 25.7. The molecule has 0 saturated carbocycles. The molecule has 0 aliphatic rings. The van der Waals surface area contributed by atoms with Crippen molar-refractivity contribution in [1.29, 1.82) is 0 Å². The van der Waals surface area contributed by atoms with Gasteiger partial charge in [-0.05, 0) is 30.7 Å². The number of rotatable bonds is 5. The highest BCUT2D eigenvalue weighted by atomic mass is 32.2. The van der Waals surface area contributed by atoms with Gasteiger partial charge in [-0.25, -0.2) is 13.4 Å². The molecule has 0 fully saturated rings. The van der Waals surface area contributed by atoms with Crippen LogP contribution in [0, 0.1) is 13.8 Å². The molecule has 0 aliphatic heterocycles. The predicted molar refractivity (Wildman–Crippen MR) is 112 cm³/mol. The molecule has 0 radical (unpaired) electrons. The second-order valence-electron chi connectivity index (χ2n) is 6.92. The Balaban J connectivity index is 1.58. The van der Waals surface area contributed by atoms with Crippen LogP contribution in [0.5, 0.6) is 0 Å². The van der Waals surface area contributed by atoms with E-state index in [1.54, 1.807) is 31.3 Å². The molecule has 0 saturated heterocycles. The molecule has 3 heterocycles. The van der Waals surface area contributed by atoms with Crippen molar-refractivity contribution in [2.45, 2.75) is 18.7 Å². The molecule has 1 aromatic carbocycles. The lowest BCUT2D eigenvalue weighted by Gasteiger charge is -2.03. The molecule has 3 aromatic heterocycles. The van der Waals surface area contributed by atoms with Gasteiger partial charge in [-0.2, -0.15) is 4.98 Å². The van der Waals surface area contributed by atoms with Crippen molar-refractivity contribution in [3.63, 3.8) is 0 Å². The molecule has 31 heavy (non-hydrogen) atoms. The number of nitrogens with zero attached hydrogens (tertiary/aromatic N) is 3. The van der Waals surface area contributed by atoms with Gasteiger partial charge in [-0.1, -0.05) is 18.2 Å². The molecule has 0 atom stereocenters. The minimum absolute atomic E-state index is 0.0187. The van der Waals surface area contributed by atoms with Crippen molar-refractivity contribution >= 4 is 21.8 Å². The van der Waals surface area contributed by atoms with Crippen LogP contribution in [0.2, 0.25) is 0 Å². The maximum Gasteiger partial charge on any atom is 0.302 e. The Morgan fingerprint density at radius 1 is 1.00 bits per heavy atom. The van der Waals surface area contributed by atoms with Gasteiger partial charge in [0.2, 0.25) is 5.76 Å². The Morgan fingerprint density at radius 2 is 1.74 bits per heavy atom. The summed E-state index contributed by atoms with van der Waals surface area (Å²) in [7, 11) is -3.34. The number of aryl methyl sites for hydroxylation is 2. The summed E-state index contributed by atoms with van der Waals surface area (Å²) >= 11 is 0.